The molecule has 0 bridgehead atoms. The molecule has 2 aromatic rings. The highest BCUT2D eigenvalue weighted by Gasteiger charge is 2.34. The molecule has 2 amide bonds. The number of ether oxygens (including phenoxy) is 1. The van der Waals surface area contributed by atoms with Gasteiger partial charge in [0.1, 0.15) is 23.7 Å². The summed E-state index contributed by atoms with van der Waals surface area (Å²) in [6, 6.07) is 7.21. The van der Waals surface area contributed by atoms with E-state index in [1.165, 1.54) is 4.90 Å². The van der Waals surface area contributed by atoms with Gasteiger partial charge >= 0.3 is 0 Å². The normalized spacial score (nSPS) is 19.4. The number of amides is 2. The SMILES string of the molecule is Cc1noc(C2CC2)c1NC(=O)CN1C(=O)[C@@H](C)Oc2ccccc21. The Kier molecular flexibility index (Phi) is 3.71. The van der Waals surface area contributed by atoms with E-state index < -0.39 is 6.10 Å². The number of fused-ring (bicyclic) bond motifs is 1. The number of benzene rings is 1. The fourth-order valence-electron chi connectivity index (χ4n) is 3.01. The summed E-state index contributed by atoms with van der Waals surface area (Å²) in [5.74, 6) is 1.14. The van der Waals surface area contributed by atoms with Gasteiger partial charge in [0.15, 0.2) is 11.9 Å². The quantitative estimate of drug-likeness (QED) is 0.924. The lowest BCUT2D eigenvalue weighted by molar-refractivity contribution is -0.127. The first-order valence-corrected chi connectivity index (χ1v) is 8.37. The van der Waals surface area contributed by atoms with Crippen LogP contribution in [0.15, 0.2) is 28.8 Å². The molecule has 1 aromatic heterocycles. The smallest absolute Gasteiger partial charge is 0.268 e. The third-order valence-electron chi connectivity index (χ3n) is 4.48. The van der Waals surface area contributed by atoms with Crippen molar-refractivity contribution in [2.24, 2.45) is 0 Å². The Morgan fingerprint density at radius 2 is 2.12 bits per heavy atom. The Morgan fingerprint density at radius 3 is 2.88 bits per heavy atom. The molecule has 0 radical (unpaired) electrons. The van der Waals surface area contributed by atoms with Gasteiger partial charge in [-0.05, 0) is 38.8 Å². The average molecular weight is 341 g/mol. The average Bonchev–Trinajstić information content (AvgIpc) is 3.37. The summed E-state index contributed by atoms with van der Waals surface area (Å²) in [7, 11) is 0. The number of carbonyl (C=O) groups excluding carboxylic acids is 2. The van der Waals surface area contributed by atoms with Crippen LogP contribution in [0, 0.1) is 6.92 Å². The standard InChI is InChI=1S/C18H19N3O4/c1-10-16(17(25-20-10)12-7-8-12)19-15(22)9-21-13-5-3-4-6-14(13)24-11(2)18(21)23/h3-6,11-12H,7-9H2,1-2H3,(H,19,22)/t11-/m1/s1. The van der Waals surface area contributed by atoms with Gasteiger partial charge in [0, 0.05) is 5.92 Å². The Bertz CT molecular complexity index is 841. The van der Waals surface area contributed by atoms with Crippen LogP contribution < -0.4 is 15.0 Å². The number of anilines is 2. The lowest BCUT2D eigenvalue weighted by Crippen LogP contribution is -2.47. The van der Waals surface area contributed by atoms with Crippen molar-refractivity contribution < 1.29 is 18.8 Å². The minimum atomic E-state index is -0.623. The van der Waals surface area contributed by atoms with E-state index in [4.69, 9.17) is 9.26 Å². The van der Waals surface area contributed by atoms with Crippen molar-refractivity contribution in [3.05, 3.63) is 35.7 Å². The van der Waals surface area contributed by atoms with Crippen molar-refractivity contribution >= 4 is 23.2 Å². The number of hydrogen-bond acceptors (Lipinski definition) is 5. The van der Waals surface area contributed by atoms with Crippen LogP contribution in [0.1, 0.15) is 37.1 Å². The van der Waals surface area contributed by atoms with Crippen molar-refractivity contribution in [3.8, 4) is 5.75 Å². The molecule has 4 rings (SSSR count). The van der Waals surface area contributed by atoms with Gasteiger partial charge in [-0.3, -0.25) is 14.5 Å². The molecule has 1 fully saturated rings. The van der Waals surface area contributed by atoms with Crippen LogP contribution in [0.25, 0.3) is 0 Å². The molecule has 2 aliphatic rings. The zero-order valence-corrected chi connectivity index (χ0v) is 14.1. The Balaban J connectivity index is 1.55. The van der Waals surface area contributed by atoms with Crippen LogP contribution in [-0.4, -0.2) is 29.6 Å². The zero-order valence-electron chi connectivity index (χ0n) is 14.1. The Labute approximate surface area is 144 Å². The minimum Gasteiger partial charge on any atom is -0.479 e. The molecule has 1 saturated carbocycles. The predicted molar refractivity (Wildman–Crippen MR) is 90.7 cm³/mol. The summed E-state index contributed by atoms with van der Waals surface area (Å²) in [5.41, 5.74) is 1.89. The second-order valence-electron chi connectivity index (χ2n) is 6.48. The first kappa shape index (κ1) is 15.7. The summed E-state index contributed by atoms with van der Waals surface area (Å²) < 4.78 is 10.9. The van der Waals surface area contributed by atoms with Gasteiger partial charge in [0.25, 0.3) is 5.91 Å². The van der Waals surface area contributed by atoms with Gasteiger partial charge in [0.2, 0.25) is 5.91 Å². The van der Waals surface area contributed by atoms with Crippen molar-refractivity contribution in [1.29, 1.82) is 0 Å². The maximum Gasteiger partial charge on any atom is 0.268 e. The van der Waals surface area contributed by atoms with E-state index in [0.717, 1.165) is 18.6 Å². The van der Waals surface area contributed by atoms with Crippen molar-refractivity contribution in [3.63, 3.8) is 0 Å². The summed E-state index contributed by atoms with van der Waals surface area (Å²) in [6.07, 6.45) is 1.47. The van der Waals surface area contributed by atoms with Crippen LogP contribution in [0.4, 0.5) is 11.4 Å². The molecule has 25 heavy (non-hydrogen) atoms. The van der Waals surface area contributed by atoms with Crippen molar-refractivity contribution in [2.75, 3.05) is 16.8 Å². The van der Waals surface area contributed by atoms with Gasteiger partial charge in [0.05, 0.1) is 5.69 Å². The van der Waals surface area contributed by atoms with E-state index in [2.05, 4.69) is 10.5 Å². The highest BCUT2D eigenvalue weighted by molar-refractivity contribution is 6.06. The molecule has 0 saturated heterocycles. The molecule has 1 atom stereocenters. The van der Waals surface area contributed by atoms with Gasteiger partial charge in [-0.2, -0.15) is 0 Å². The maximum absolute atomic E-state index is 12.6. The fraction of sp³-hybridized carbons (Fsp3) is 0.389. The molecule has 0 unspecified atom stereocenters. The van der Waals surface area contributed by atoms with Crippen LogP contribution in [0.5, 0.6) is 5.75 Å². The second-order valence-corrected chi connectivity index (χ2v) is 6.48. The number of aryl methyl sites for hydroxylation is 1. The molecule has 1 aliphatic carbocycles. The second kappa shape index (κ2) is 5.91. The highest BCUT2D eigenvalue weighted by atomic mass is 16.5. The third-order valence-corrected chi connectivity index (χ3v) is 4.48. The van der Waals surface area contributed by atoms with Crippen LogP contribution in [0.3, 0.4) is 0 Å². The van der Waals surface area contributed by atoms with Crippen LogP contribution in [-0.2, 0) is 9.59 Å². The number of nitrogens with one attached hydrogen (secondary N) is 1. The van der Waals surface area contributed by atoms with Crippen molar-refractivity contribution in [1.82, 2.24) is 5.16 Å². The third kappa shape index (κ3) is 2.86. The predicted octanol–water partition coefficient (Wildman–Crippen LogP) is 2.61. The topological polar surface area (TPSA) is 84.7 Å². The van der Waals surface area contributed by atoms with Gasteiger partial charge in [-0.25, -0.2) is 0 Å². The largest absolute Gasteiger partial charge is 0.479 e. The molecule has 7 nitrogen and oxygen atoms in total. The monoisotopic (exact) mass is 341 g/mol. The number of nitrogens with zero attached hydrogens (tertiary/aromatic N) is 2. The molecule has 1 N–H and O–H groups in total. The number of carbonyl (C=O) groups is 2. The summed E-state index contributed by atoms with van der Waals surface area (Å²) in [5, 5.41) is 6.81. The summed E-state index contributed by atoms with van der Waals surface area (Å²) in [6.45, 7) is 3.39. The summed E-state index contributed by atoms with van der Waals surface area (Å²) >= 11 is 0. The molecule has 0 spiro atoms. The summed E-state index contributed by atoms with van der Waals surface area (Å²) in [4.78, 5) is 26.5. The minimum absolute atomic E-state index is 0.0850. The first-order chi connectivity index (χ1) is 12.0. The molecular weight excluding hydrogens is 322 g/mol. The van der Waals surface area contributed by atoms with E-state index in [9.17, 15) is 9.59 Å². The van der Waals surface area contributed by atoms with E-state index in [1.54, 1.807) is 26.0 Å². The molecule has 1 aromatic carbocycles. The maximum atomic E-state index is 12.6. The Hall–Kier alpha value is -2.83. The number of rotatable bonds is 4. The number of aromatic nitrogens is 1. The van der Waals surface area contributed by atoms with E-state index in [1.807, 2.05) is 12.1 Å². The lowest BCUT2D eigenvalue weighted by Gasteiger charge is -2.32. The molecular formula is C18H19N3O4. The lowest BCUT2D eigenvalue weighted by atomic mass is 10.2. The van der Waals surface area contributed by atoms with E-state index in [0.29, 0.717) is 28.7 Å². The van der Waals surface area contributed by atoms with Gasteiger partial charge in [-0.15, -0.1) is 0 Å². The number of hydrogen-bond donors (Lipinski definition) is 1. The molecule has 130 valence electrons. The van der Waals surface area contributed by atoms with Crippen LogP contribution in [0.2, 0.25) is 0 Å². The van der Waals surface area contributed by atoms with Crippen molar-refractivity contribution in [2.45, 2.75) is 38.7 Å². The highest BCUT2D eigenvalue weighted by Crippen LogP contribution is 2.44. The Morgan fingerprint density at radius 1 is 1.36 bits per heavy atom. The molecule has 7 heteroatoms. The fourth-order valence-corrected chi connectivity index (χ4v) is 3.01. The molecule has 2 heterocycles. The van der Waals surface area contributed by atoms with Gasteiger partial charge < -0.3 is 14.6 Å². The van der Waals surface area contributed by atoms with Gasteiger partial charge in [-0.1, -0.05) is 17.3 Å². The van der Waals surface area contributed by atoms with E-state index >= 15 is 0 Å². The van der Waals surface area contributed by atoms with Crippen LogP contribution >= 0.6 is 0 Å². The first-order valence-electron chi connectivity index (χ1n) is 8.37. The zero-order chi connectivity index (χ0) is 17.6. The number of para-hydroxylation sites is 2. The molecule has 1 aliphatic heterocycles. The van der Waals surface area contributed by atoms with E-state index in [-0.39, 0.29) is 18.4 Å².